The van der Waals surface area contributed by atoms with Gasteiger partial charge in [0.25, 0.3) is 0 Å². The first-order valence-electron chi connectivity index (χ1n) is 10.6. The number of aromatic nitrogens is 3. The maximum Gasteiger partial charge on any atom is 0.162 e. The van der Waals surface area contributed by atoms with E-state index in [-0.39, 0.29) is 0 Å². The van der Waals surface area contributed by atoms with Gasteiger partial charge >= 0.3 is 0 Å². The number of benzene rings is 2. The number of aryl methyl sites for hydroxylation is 1. The zero-order valence-corrected chi connectivity index (χ0v) is 17.7. The van der Waals surface area contributed by atoms with E-state index in [0.717, 1.165) is 41.0 Å². The minimum atomic E-state index is 0.488. The first-order chi connectivity index (χ1) is 14.6. The molecule has 0 spiro atoms. The van der Waals surface area contributed by atoms with Crippen LogP contribution in [0.2, 0.25) is 0 Å². The monoisotopic (exact) mass is 397 g/mol. The fraction of sp³-hybridized carbons (Fsp3) is 0.280. The molecule has 0 saturated carbocycles. The Morgan fingerprint density at radius 1 is 0.900 bits per heavy atom. The number of nitrogens with zero attached hydrogens (tertiary/aromatic N) is 4. The lowest BCUT2D eigenvalue weighted by molar-refractivity contribution is 0.432. The van der Waals surface area contributed by atoms with Gasteiger partial charge in [0.05, 0.1) is 6.20 Å². The predicted molar refractivity (Wildman–Crippen MR) is 123 cm³/mol. The number of anilines is 1. The Hall–Kier alpha value is -3.18. The van der Waals surface area contributed by atoms with Crippen molar-refractivity contribution >= 4 is 11.3 Å². The second kappa shape index (κ2) is 7.58. The largest absolute Gasteiger partial charge is 0.364 e. The van der Waals surface area contributed by atoms with Crippen LogP contribution in [-0.2, 0) is 0 Å². The van der Waals surface area contributed by atoms with Crippen LogP contribution >= 0.6 is 0 Å². The van der Waals surface area contributed by atoms with E-state index in [1.165, 1.54) is 11.3 Å². The number of piperazine rings is 1. The molecule has 30 heavy (non-hydrogen) atoms. The zero-order valence-electron chi connectivity index (χ0n) is 17.7. The van der Waals surface area contributed by atoms with Crippen molar-refractivity contribution < 1.29 is 0 Å². The highest BCUT2D eigenvalue weighted by Gasteiger charge is 2.24. The molecule has 1 aliphatic rings. The first kappa shape index (κ1) is 18.8. The van der Waals surface area contributed by atoms with Gasteiger partial charge in [-0.3, -0.25) is 0 Å². The second-order valence-electron chi connectivity index (χ2n) is 8.35. The number of rotatable bonds is 3. The lowest BCUT2D eigenvalue weighted by atomic mass is 10.0. The highest BCUT2D eigenvalue weighted by atomic mass is 15.2. The predicted octanol–water partition coefficient (Wildman–Crippen LogP) is 4.56. The molecule has 5 nitrogen and oxygen atoms in total. The molecule has 4 aromatic rings. The fourth-order valence-electron chi connectivity index (χ4n) is 4.51. The average molecular weight is 398 g/mol. The van der Waals surface area contributed by atoms with Crippen LogP contribution in [0.1, 0.15) is 19.4 Å². The molecule has 1 aliphatic heterocycles. The van der Waals surface area contributed by atoms with Crippen molar-refractivity contribution in [3.8, 4) is 22.3 Å². The molecular weight excluding hydrogens is 370 g/mol. The van der Waals surface area contributed by atoms with Gasteiger partial charge in [-0.15, -0.1) is 0 Å². The van der Waals surface area contributed by atoms with Crippen LogP contribution in [0.15, 0.2) is 67.1 Å². The molecule has 5 heteroatoms. The molecule has 2 atom stereocenters. The van der Waals surface area contributed by atoms with E-state index >= 15 is 0 Å². The van der Waals surface area contributed by atoms with E-state index in [1.54, 1.807) is 0 Å². The van der Waals surface area contributed by atoms with Crippen LogP contribution < -0.4 is 10.2 Å². The maximum absolute atomic E-state index is 4.74. The van der Waals surface area contributed by atoms with Crippen molar-refractivity contribution in [1.29, 1.82) is 0 Å². The third-order valence-electron chi connectivity index (χ3n) is 6.01. The summed E-state index contributed by atoms with van der Waals surface area (Å²) in [4.78, 5) is 7.25. The lowest BCUT2D eigenvalue weighted by Crippen LogP contribution is -2.55. The molecule has 152 valence electrons. The second-order valence-corrected chi connectivity index (χ2v) is 8.35. The summed E-state index contributed by atoms with van der Waals surface area (Å²) in [6.07, 6.45) is 5.91. The smallest absolute Gasteiger partial charge is 0.162 e. The summed E-state index contributed by atoms with van der Waals surface area (Å²) in [7, 11) is 0. The van der Waals surface area contributed by atoms with Crippen molar-refractivity contribution in [1.82, 2.24) is 19.9 Å². The first-order valence-corrected chi connectivity index (χ1v) is 10.6. The Morgan fingerprint density at radius 2 is 1.67 bits per heavy atom. The summed E-state index contributed by atoms with van der Waals surface area (Å²) in [5.41, 5.74) is 7.80. The highest BCUT2D eigenvalue weighted by Crippen LogP contribution is 2.28. The number of nitrogens with one attached hydrogen (secondary N) is 1. The van der Waals surface area contributed by atoms with Gasteiger partial charge in [0.15, 0.2) is 5.65 Å². The van der Waals surface area contributed by atoms with Gasteiger partial charge in [0.2, 0.25) is 0 Å². The Balaban J connectivity index is 1.45. The molecule has 5 rings (SSSR count). The summed E-state index contributed by atoms with van der Waals surface area (Å²) in [5, 5.41) is 8.06. The standard InChI is InChI=1S/C25H27N5/c1-17-5-4-6-21(11-17)24-15-28-29-16-22(14-27-25(24)29)20-7-9-23(10-8-20)30-18(2)12-26-13-19(30)3/h4-11,14-16,18-19,26H,12-13H2,1-3H3/t18-,19+. The van der Waals surface area contributed by atoms with Gasteiger partial charge in [-0.25, -0.2) is 9.50 Å². The summed E-state index contributed by atoms with van der Waals surface area (Å²) in [6.45, 7) is 8.70. The van der Waals surface area contributed by atoms with E-state index in [9.17, 15) is 0 Å². The van der Waals surface area contributed by atoms with Crippen molar-refractivity contribution in [3.05, 3.63) is 72.7 Å². The topological polar surface area (TPSA) is 45.5 Å². The van der Waals surface area contributed by atoms with Crippen LogP contribution in [-0.4, -0.2) is 39.8 Å². The van der Waals surface area contributed by atoms with E-state index < -0.39 is 0 Å². The molecule has 1 fully saturated rings. The summed E-state index contributed by atoms with van der Waals surface area (Å²) in [5.74, 6) is 0. The normalized spacial score (nSPS) is 19.4. The van der Waals surface area contributed by atoms with Crippen molar-refractivity contribution in [3.63, 3.8) is 0 Å². The Morgan fingerprint density at radius 3 is 2.40 bits per heavy atom. The molecule has 0 amide bonds. The lowest BCUT2D eigenvalue weighted by Gasteiger charge is -2.41. The number of fused-ring (bicyclic) bond motifs is 1. The van der Waals surface area contributed by atoms with Gasteiger partial charge in [0.1, 0.15) is 0 Å². The Labute approximate surface area is 177 Å². The van der Waals surface area contributed by atoms with Crippen LogP contribution in [0.5, 0.6) is 0 Å². The van der Waals surface area contributed by atoms with Crippen LogP contribution in [0.4, 0.5) is 5.69 Å². The van der Waals surface area contributed by atoms with E-state index in [2.05, 4.69) is 90.8 Å². The van der Waals surface area contributed by atoms with E-state index in [1.807, 2.05) is 16.9 Å². The quantitative estimate of drug-likeness (QED) is 0.551. The minimum absolute atomic E-state index is 0.488. The summed E-state index contributed by atoms with van der Waals surface area (Å²) >= 11 is 0. The molecule has 0 bridgehead atoms. The average Bonchev–Trinajstić information content (AvgIpc) is 3.17. The van der Waals surface area contributed by atoms with Crippen molar-refractivity contribution in [2.75, 3.05) is 18.0 Å². The maximum atomic E-state index is 4.74. The van der Waals surface area contributed by atoms with Crippen LogP contribution in [0.3, 0.4) is 0 Å². The van der Waals surface area contributed by atoms with E-state index in [4.69, 9.17) is 4.98 Å². The molecule has 0 radical (unpaired) electrons. The third kappa shape index (κ3) is 3.35. The summed E-state index contributed by atoms with van der Waals surface area (Å²) < 4.78 is 1.88. The highest BCUT2D eigenvalue weighted by molar-refractivity contribution is 5.78. The molecule has 3 heterocycles. The number of hydrogen-bond donors (Lipinski definition) is 1. The number of hydrogen-bond acceptors (Lipinski definition) is 4. The van der Waals surface area contributed by atoms with Crippen LogP contribution in [0, 0.1) is 6.92 Å². The fourth-order valence-corrected chi connectivity index (χ4v) is 4.51. The Bertz CT molecular complexity index is 1170. The van der Waals surface area contributed by atoms with Crippen LogP contribution in [0.25, 0.3) is 27.9 Å². The molecule has 1 N–H and O–H groups in total. The molecule has 2 aromatic heterocycles. The van der Waals surface area contributed by atoms with Gasteiger partial charge in [0, 0.05) is 54.4 Å². The van der Waals surface area contributed by atoms with E-state index in [0.29, 0.717) is 12.1 Å². The molecule has 0 unspecified atom stereocenters. The molecule has 0 aliphatic carbocycles. The minimum Gasteiger partial charge on any atom is -0.364 e. The third-order valence-corrected chi connectivity index (χ3v) is 6.01. The van der Waals surface area contributed by atoms with Gasteiger partial charge in [-0.1, -0.05) is 42.0 Å². The molecule has 2 aromatic carbocycles. The molecular formula is C25H27N5. The SMILES string of the molecule is Cc1cccc(-c2cnn3cc(-c4ccc(N5[C@H](C)CNC[C@@H]5C)cc4)cnc23)c1. The zero-order chi connectivity index (χ0) is 20.7. The van der Waals surface area contributed by atoms with Gasteiger partial charge in [-0.05, 0) is 44.0 Å². The van der Waals surface area contributed by atoms with Gasteiger partial charge in [-0.2, -0.15) is 5.10 Å². The Kier molecular flexibility index (Phi) is 4.75. The molecule has 1 saturated heterocycles. The van der Waals surface area contributed by atoms with Gasteiger partial charge < -0.3 is 10.2 Å². The van der Waals surface area contributed by atoms with Crippen molar-refractivity contribution in [2.24, 2.45) is 0 Å². The summed E-state index contributed by atoms with van der Waals surface area (Å²) in [6, 6.07) is 18.2. The van der Waals surface area contributed by atoms with Crippen molar-refractivity contribution in [2.45, 2.75) is 32.9 Å².